The Hall–Kier alpha value is -2.91. The highest BCUT2D eigenvalue weighted by Crippen LogP contribution is 2.40. The van der Waals surface area contributed by atoms with Crippen molar-refractivity contribution in [3.05, 3.63) is 17.1 Å². The van der Waals surface area contributed by atoms with Gasteiger partial charge in [0.1, 0.15) is 17.1 Å². The van der Waals surface area contributed by atoms with E-state index in [0.717, 1.165) is 16.4 Å². The number of hydrogen-bond acceptors (Lipinski definition) is 11. The predicted octanol–water partition coefficient (Wildman–Crippen LogP) is -1.10. The van der Waals surface area contributed by atoms with E-state index in [-0.39, 0.29) is 28.3 Å². The molecule has 0 unspecified atom stereocenters. The molecule has 2 atom stereocenters. The van der Waals surface area contributed by atoms with Gasteiger partial charge in [-0.3, -0.25) is 14.5 Å². The third-order valence-electron chi connectivity index (χ3n) is 3.91. The van der Waals surface area contributed by atoms with Crippen LogP contribution in [0.2, 0.25) is 0 Å². The number of thioether (sulfide) groups is 1. The van der Waals surface area contributed by atoms with Gasteiger partial charge in [-0.15, -0.1) is 23.4 Å². The number of nitrogens with zero attached hydrogens (tertiary/aromatic N) is 4. The molecule has 3 heterocycles. The van der Waals surface area contributed by atoms with Crippen LogP contribution in [-0.2, 0) is 24.0 Å². The van der Waals surface area contributed by atoms with Gasteiger partial charge in [-0.05, 0) is 5.57 Å². The second-order valence-corrected chi connectivity index (χ2v) is 7.97. The molecule has 30 heavy (non-hydrogen) atoms. The third-order valence-corrected chi connectivity index (χ3v) is 6.12. The Morgan fingerprint density at radius 3 is 2.70 bits per heavy atom. The number of halogens is 1. The summed E-state index contributed by atoms with van der Waals surface area (Å²) in [5, 5.41) is 23.3. The fraction of sp³-hybridized carbons (Fsp3) is 0.357. The second kappa shape index (κ2) is 8.85. The number of carbonyl (C=O) groups is 4. The highest BCUT2D eigenvalue weighted by Gasteiger charge is 2.54. The first kappa shape index (κ1) is 21.8. The van der Waals surface area contributed by atoms with Crippen LogP contribution in [0.3, 0.4) is 0 Å². The summed E-state index contributed by atoms with van der Waals surface area (Å²) in [6.45, 7) is -0.820. The Morgan fingerprint density at radius 2 is 2.13 bits per heavy atom. The lowest BCUT2D eigenvalue weighted by Crippen LogP contribution is -2.71. The summed E-state index contributed by atoms with van der Waals surface area (Å²) in [7, 11) is 0. The fourth-order valence-electron chi connectivity index (χ4n) is 2.66. The molecule has 2 aliphatic rings. The van der Waals surface area contributed by atoms with Crippen LogP contribution in [0.1, 0.15) is 5.82 Å². The van der Waals surface area contributed by atoms with E-state index in [1.54, 1.807) is 0 Å². The molecule has 160 valence electrons. The minimum Gasteiger partial charge on any atom is -0.479 e. The maximum absolute atomic E-state index is 12.7. The number of hydrogen-bond donors (Lipinski definition) is 4. The summed E-state index contributed by atoms with van der Waals surface area (Å²) in [5.74, 6) is -4.15. The van der Waals surface area contributed by atoms with Crippen molar-refractivity contribution in [2.45, 2.75) is 11.4 Å². The predicted molar refractivity (Wildman–Crippen MR) is 105 cm³/mol. The molecular weight excluding hydrogens is 464 g/mol. The number of nitrogens with two attached hydrogens (primary N) is 1. The van der Waals surface area contributed by atoms with Gasteiger partial charge in [0.15, 0.2) is 5.13 Å². The second-order valence-electron chi connectivity index (χ2n) is 5.82. The summed E-state index contributed by atoms with van der Waals surface area (Å²) >= 11 is 7.79. The van der Waals surface area contributed by atoms with E-state index in [1.807, 2.05) is 0 Å². The normalized spacial score (nSPS) is 21.0. The average Bonchev–Trinajstić information content (AvgIpc) is 3.13. The highest BCUT2D eigenvalue weighted by molar-refractivity contribution is 8.00. The number of fused-ring (bicyclic) bond motifs is 1. The highest BCUT2D eigenvalue weighted by atomic mass is 35.5. The lowest BCUT2D eigenvalue weighted by atomic mass is 10.0. The third kappa shape index (κ3) is 4.17. The van der Waals surface area contributed by atoms with E-state index in [0.29, 0.717) is 5.57 Å². The molecule has 5 N–H and O–H groups in total. The van der Waals surface area contributed by atoms with Crippen molar-refractivity contribution in [1.82, 2.24) is 19.6 Å². The Kier molecular flexibility index (Phi) is 6.42. The summed E-state index contributed by atoms with van der Waals surface area (Å²) < 4.78 is 3.83. The first-order chi connectivity index (χ1) is 14.2. The number of anilines is 1. The Bertz CT molecular complexity index is 980. The molecule has 3 rings (SSSR count). The van der Waals surface area contributed by atoms with Gasteiger partial charge in [-0.1, -0.05) is 5.16 Å². The van der Waals surface area contributed by atoms with Crippen molar-refractivity contribution in [2.24, 2.45) is 5.16 Å². The van der Waals surface area contributed by atoms with E-state index < -0.39 is 47.5 Å². The number of carboxylic acids is 2. The molecule has 0 aliphatic carbocycles. The maximum atomic E-state index is 12.7. The smallest absolute Gasteiger partial charge is 0.352 e. The van der Waals surface area contributed by atoms with Crippen molar-refractivity contribution < 1.29 is 34.2 Å². The Balaban J connectivity index is 1.79. The number of aliphatic carboxylic acids is 2. The molecule has 0 aromatic carbocycles. The Morgan fingerprint density at radius 1 is 1.40 bits per heavy atom. The number of β-lactam (4-membered cyclic amide) rings is 1. The van der Waals surface area contributed by atoms with E-state index in [2.05, 4.69) is 24.7 Å². The molecule has 0 saturated carbocycles. The number of oxime groups is 1. The van der Waals surface area contributed by atoms with Crippen LogP contribution in [0.15, 0.2) is 16.4 Å². The minimum absolute atomic E-state index is 0.0299. The monoisotopic (exact) mass is 476 g/mol. The molecule has 1 fully saturated rings. The lowest BCUT2D eigenvalue weighted by Gasteiger charge is -2.49. The number of nitrogens with one attached hydrogen (secondary N) is 1. The molecule has 2 amide bonds. The molecule has 1 saturated heterocycles. The van der Waals surface area contributed by atoms with Gasteiger partial charge in [-0.2, -0.15) is 9.36 Å². The fourth-order valence-corrected chi connectivity index (χ4v) is 4.78. The van der Waals surface area contributed by atoms with Crippen LogP contribution < -0.4 is 11.1 Å². The standard InChI is InChI=1S/C14H13ClN6O7S2/c15-1-4-3-29-12-7(11(25)21(12)8(4)13(26)27)17-10(24)6(19-28-2-5(22)23)9-18-14(16)30-20-9/h7,12H,1-3H2,(H,17,24)(H,22,23)(H,26,27)(H2,16,18,20)/t7-,12-/m1/s1. The van der Waals surface area contributed by atoms with Gasteiger partial charge < -0.3 is 26.1 Å². The molecule has 1 aromatic heterocycles. The molecular formula is C14H13ClN6O7S2. The first-order valence-electron chi connectivity index (χ1n) is 8.02. The van der Waals surface area contributed by atoms with Gasteiger partial charge >= 0.3 is 11.9 Å². The molecule has 13 nitrogen and oxygen atoms in total. The van der Waals surface area contributed by atoms with Gasteiger partial charge in [0.2, 0.25) is 18.1 Å². The van der Waals surface area contributed by atoms with E-state index in [9.17, 15) is 24.3 Å². The van der Waals surface area contributed by atoms with Crippen molar-refractivity contribution in [3.8, 4) is 0 Å². The van der Waals surface area contributed by atoms with Gasteiger partial charge in [0.05, 0.1) is 0 Å². The van der Waals surface area contributed by atoms with Crippen molar-refractivity contribution >= 4 is 69.5 Å². The van der Waals surface area contributed by atoms with Crippen molar-refractivity contribution in [1.29, 1.82) is 0 Å². The van der Waals surface area contributed by atoms with Crippen molar-refractivity contribution in [2.75, 3.05) is 24.0 Å². The number of carboxylic acid groups (broad SMARTS) is 2. The number of aromatic nitrogens is 2. The largest absolute Gasteiger partial charge is 0.479 e. The molecule has 2 aliphatic heterocycles. The van der Waals surface area contributed by atoms with Gasteiger partial charge in [0.25, 0.3) is 11.8 Å². The minimum atomic E-state index is -1.32. The van der Waals surface area contributed by atoms with Gasteiger partial charge in [0, 0.05) is 23.2 Å². The number of carbonyl (C=O) groups excluding carboxylic acids is 2. The summed E-state index contributed by atoms with van der Waals surface area (Å²) in [4.78, 5) is 56.8. The maximum Gasteiger partial charge on any atom is 0.352 e. The quantitative estimate of drug-likeness (QED) is 0.154. The number of amides is 2. The zero-order valence-corrected chi connectivity index (χ0v) is 17.2. The first-order valence-corrected chi connectivity index (χ1v) is 10.4. The van der Waals surface area contributed by atoms with Crippen LogP contribution in [-0.4, -0.2) is 83.6 Å². The van der Waals surface area contributed by atoms with Crippen LogP contribution in [0.4, 0.5) is 5.13 Å². The lowest BCUT2D eigenvalue weighted by molar-refractivity contribution is -0.150. The average molecular weight is 477 g/mol. The van der Waals surface area contributed by atoms with Gasteiger partial charge in [-0.25, -0.2) is 9.59 Å². The SMILES string of the molecule is Nc1nc(C(=NOCC(=O)O)C(=O)N[C@@H]2C(=O)N3C(C(=O)O)=C(CCl)CS[C@H]23)ns1. The summed E-state index contributed by atoms with van der Waals surface area (Å²) in [5.41, 5.74) is 5.22. The van der Waals surface area contributed by atoms with Crippen LogP contribution in [0.5, 0.6) is 0 Å². The molecule has 16 heteroatoms. The summed E-state index contributed by atoms with van der Waals surface area (Å²) in [6, 6.07) is -1.05. The Labute approximate surface area is 181 Å². The molecule has 0 bridgehead atoms. The molecule has 1 aromatic rings. The van der Waals surface area contributed by atoms with Crippen LogP contribution >= 0.6 is 34.9 Å². The van der Waals surface area contributed by atoms with E-state index in [1.165, 1.54) is 11.8 Å². The summed E-state index contributed by atoms with van der Waals surface area (Å²) in [6.07, 6.45) is 0. The van der Waals surface area contributed by atoms with Crippen LogP contribution in [0.25, 0.3) is 0 Å². The van der Waals surface area contributed by atoms with Crippen LogP contribution in [0, 0.1) is 0 Å². The van der Waals surface area contributed by atoms with Crippen molar-refractivity contribution in [3.63, 3.8) is 0 Å². The zero-order valence-electron chi connectivity index (χ0n) is 14.8. The zero-order chi connectivity index (χ0) is 22.0. The molecule has 0 spiro atoms. The number of alkyl halides is 1. The number of nitrogen functional groups attached to an aromatic ring is 1. The van der Waals surface area contributed by atoms with E-state index >= 15 is 0 Å². The number of rotatable bonds is 8. The molecule has 0 radical (unpaired) electrons. The topological polar surface area (TPSA) is 197 Å². The van der Waals surface area contributed by atoms with E-state index in [4.69, 9.17) is 22.4 Å².